The van der Waals surface area contributed by atoms with Gasteiger partial charge in [-0.3, -0.25) is 4.68 Å². The quantitative estimate of drug-likeness (QED) is 0.697. The van der Waals surface area contributed by atoms with Gasteiger partial charge in [-0.15, -0.1) is 0 Å². The predicted octanol–water partition coefficient (Wildman–Crippen LogP) is 4.52. The predicted molar refractivity (Wildman–Crippen MR) is 83.7 cm³/mol. The van der Waals surface area contributed by atoms with E-state index in [1.807, 2.05) is 36.0 Å². The van der Waals surface area contributed by atoms with Crippen molar-refractivity contribution in [3.8, 4) is 0 Å². The molecule has 0 fully saturated rings. The first kappa shape index (κ1) is 13.5. The summed E-state index contributed by atoms with van der Waals surface area (Å²) in [6.07, 6.45) is 2.04. The lowest BCUT2D eigenvalue weighted by molar-refractivity contribution is 0.602. The van der Waals surface area contributed by atoms with Crippen LogP contribution in [-0.4, -0.2) is 14.3 Å². The van der Waals surface area contributed by atoms with E-state index in [0.717, 1.165) is 38.9 Å². The van der Waals surface area contributed by atoms with E-state index in [2.05, 4.69) is 22.7 Å². The van der Waals surface area contributed by atoms with Crippen LogP contribution >= 0.6 is 23.2 Å². The van der Waals surface area contributed by atoms with E-state index in [1.165, 1.54) is 0 Å². The van der Waals surface area contributed by atoms with Crippen molar-refractivity contribution in [1.82, 2.24) is 14.3 Å². The van der Waals surface area contributed by atoms with Gasteiger partial charge in [0.25, 0.3) is 0 Å². The zero-order valence-electron chi connectivity index (χ0n) is 11.4. The third-order valence-corrected chi connectivity index (χ3v) is 4.35. The molecule has 0 atom stereocenters. The number of fused-ring (bicyclic) bond motifs is 1. The number of hydrogen-bond donors (Lipinski definition) is 0. The third kappa shape index (κ3) is 2.11. The second-order valence-corrected chi connectivity index (χ2v) is 5.56. The SMILES string of the molecule is CCn1nc(C)c(Cl)c1Cn1ccc2c(Cl)cccc21. The van der Waals surface area contributed by atoms with Crippen LogP contribution in [-0.2, 0) is 13.1 Å². The Hall–Kier alpha value is -1.45. The smallest absolute Gasteiger partial charge is 0.0865 e. The minimum absolute atomic E-state index is 0.692. The molecule has 0 amide bonds. The molecule has 2 aromatic heterocycles. The van der Waals surface area contributed by atoms with Crippen LogP contribution in [0.4, 0.5) is 0 Å². The highest BCUT2D eigenvalue weighted by molar-refractivity contribution is 6.35. The van der Waals surface area contributed by atoms with E-state index in [4.69, 9.17) is 23.2 Å². The number of halogens is 2. The van der Waals surface area contributed by atoms with Gasteiger partial charge in [0, 0.05) is 28.7 Å². The summed E-state index contributed by atoms with van der Waals surface area (Å²) in [6.45, 7) is 5.50. The van der Waals surface area contributed by atoms with E-state index >= 15 is 0 Å². The first-order valence-corrected chi connectivity index (χ1v) is 7.32. The van der Waals surface area contributed by atoms with Gasteiger partial charge in [-0.25, -0.2) is 0 Å². The highest BCUT2D eigenvalue weighted by Gasteiger charge is 2.14. The lowest BCUT2D eigenvalue weighted by atomic mass is 10.2. The van der Waals surface area contributed by atoms with Gasteiger partial charge in [-0.1, -0.05) is 29.3 Å². The van der Waals surface area contributed by atoms with E-state index in [1.54, 1.807) is 0 Å². The van der Waals surface area contributed by atoms with Crippen molar-refractivity contribution in [1.29, 1.82) is 0 Å². The number of benzene rings is 1. The van der Waals surface area contributed by atoms with E-state index in [0.29, 0.717) is 6.54 Å². The van der Waals surface area contributed by atoms with Crippen molar-refractivity contribution in [2.24, 2.45) is 0 Å². The molecule has 5 heteroatoms. The molecule has 0 unspecified atom stereocenters. The second kappa shape index (κ2) is 5.15. The Balaban J connectivity index is 2.08. The fourth-order valence-electron chi connectivity index (χ4n) is 2.51. The fourth-order valence-corrected chi connectivity index (χ4v) is 2.93. The summed E-state index contributed by atoms with van der Waals surface area (Å²) >= 11 is 12.6. The van der Waals surface area contributed by atoms with Gasteiger partial charge < -0.3 is 4.57 Å². The summed E-state index contributed by atoms with van der Waals surface area (Å²) in [4.78, 5) is 0. The molecule has 0 aliphatic rings. The Morgan fingerprint density at radius 1 is 1.20 bits per heavy atom. The number of hydrogen-bond acceptors (Lipinski definition) is 1. The molecular formula is C15H15Cl2N3. The zero-order valence-corrected chi connectivity index (χ0v) is 12.9. The molecule has 3 aromatic rings. The lowest BCUT2D eigenvalue weighted by Gasteiger charge is -2.08. The number of aromatic nitrogens is 3. The van der Waals surface area contributed by atoms with Crippen molar-refractivity contribution in [2.45, 2.75) is 26.9 Å². The Morgan fingerprint density at radius 2 is 2.00 bits per heavy atom. The van der Waals surface area contributed by atoms with Gasteiger partial charge in [0.05, 0.1) is 23.0 Å². The summed E-state index contributed by atoms with van der Waals surface area (Å²) in [5.41, 5.74) is 3.01. The fraction of sp³-hybridized carbons (Fsp3) is 0.267. The standard InChI is InChI=1S/C15H15Cl2N3/c1-3-20-14(15(17)10(2)18-20)9-19-8-7-11-12(16)5-4-6-13(11)19/h4-8H,3,9H2,1-2H3. The number of aryl methyl sites for hydroxylation is 2. The van der Waals surface area contributed by atoms with Gasteiger partial charge in [-0.05, 0) is 32.0 Å². The Bertz CT molecular complexity index is 771. The molecular weight excluding hydrogens is 293 g/mol. The van der Waals surface area contributed by atoms with E-state index in [-0.39, 0.29) is 0 Å². The maximum atomic E-state index is 6.37. The molecule has 3 rings (SSSR count). The largest absolute Gasteiger partial charge is 0.341 e. The second-order valence-electron chi connectivity index (χ2n) is 4.78. The maximum absolute atomic E-state index is 6.37. The highest BCUT2D eigenvalue weighted by atomic mass is 35.5. The number of nitrogens with zero attached hydrogens (tertiary/aromatic N) is 3. The minimum atomic E-state index is 0.692. The molecule has 0 aliphatic carbocycles. The topological polar surface area (TPSA) is 22.8 Å². The molecule has 3 nitrogen and oxygen atoms in total. The average molecular weight is 308 g/mol. The molecule has 20 heavy (non-hydrogen) atoms. The maximum Gasteiger partial charge on any atom is 0.0865 e. The van der Waals surface area contributed by atoms with Gasteiger partial charge in [0.2, 0.25) is 0 Å². The lowest BCUT2D eigenvalue weighted by Crippen LogP contribution is -2.07. The van der Waals surface area contributed by atoms with E-state index in [9.17, 15) is 0 Å². The number of rotatable bonds is 3. The van der Waals surface area contributed by atoms with Crippen LogP contribution < -0.4 is 0 Å². The van der Waals surface area contributed by atoms with Crippen LogP contribution in [0.1, 0.15) is 18.3 Å². The van der Waals surface area contributed by atoms with Crippen molar-refractivity contribution in [3.63, 3.8) is 0 Å². The third-order valence-electron chi connectivity index (χ3n) is 3.53. The van der Waals surface area contributed by atoms with Gasteiger partial charge in [0.1, 0.15) is 0 Å². The molecule has 1 aromatic carbocycles. The Labute approximate surface area is 127 Å². The van der Waals surface area contributed by atoms with Gasteiger partial charge >= 0.3 is 0 Å². The van der Waals surface area contributed by atoms with Crippen molar-refractivity contribution >= 4 is 34.1 Å². The van der Waals surface area contributed by atoms with E-state index < -0.39 is 0 Å². The first-order valence-electron chi connectivity index (χ1n) is 6.57. The molecule has 104 valence electrons. The summed E-state index contributed by atoms with van der Waals surface area (Å²) < 4.78 is 4.10. The van der Waals surface area contributed by atoms with Crippen LogP contribution in [0.5, 0.6) is 0 Å². The van der Waals surface area contributed by atoms with Crippen molar-refractivity contribution in [3.05, 3.63) is 51.9 Å². The van der Waals surface area contributed by atoms with Crippen molar-refractivity contribution in [2.75, 3.05) is 0 Å². The molecule has 0 saturated carbocycles. The average Bonchev–Trinajstić information content (AvgIpc) is 2.96. The molecule has 0 N–H and O–H groups in total. The summed E-state index contributed by atoms with van der Waals surface area (Å²) in [7, 11) is 0. The monoisotopic (exact) mass is 307 g/mol. The summed E-state index contributed by atoms with van der Waals surface area (Å²) in [5, 5.41) is 7.03. The normalized spacial score (nSPS) is 11.4. The van der Waals surface area contributed by atoms with Gasteiger partial charge in [-0.2, -0.15) is 5.10 Å². The molecule has 2 heterocycles. The van der Waals surface area contributed by atoms with Crippen LogP contribution in [0.15, 0.2) is 30.5 Å². The summed E-state index contributed by atoms with van der Waals surface area (Å²) in [6, 6.07) is 7.96. The summed E-state index contributed by atoms with van der Waals surface area (Å²) in [5.74, 6) is 0. The van der Waals surface area contributed by atoms with Crippen LogP contribution in [0.3, 0.4) is 0 Å². The molecule has 0 spiro atoms. The molecule has 0 saturated heterocycles. The van der Waals surface area contributed by atoms with Crippen LogP contribution in [0.25, 0.3) is 10.9 Å². The van der Waals surface area contributed by atoms with Crippen LogP contribution in [0, 0.1) is 6.92 Å². The Morgan fingerprint density at radius 3 is 2.75 bits per heavy atom. The van der Waals surface area contributed by atoms with Crippen molar-refractivity contribution < 1.29 is 0 Å². The molecule has 0 aliphatic heterocycles. The molecule has 0 bridgehead atoms. The molecule has 0 radical (unpaired) electrons. The Kier molecular flexibility index (Phi) is 3.48. The zero-order chi connectivity index (χ0) is 14.3. The van der Waals surface area contributed by atoms with Gasteiger partial charge in [0.15, 0.2) is 0 Å². The highest BCUT2D eigenvalue weighted by Crippen LogP contribution is 2.27. The first-order chi connectivity index (χ1) is 9.61. The van der Waals surface area contributed by atoms with Crippen LogP contribution in [0.2, 0.25) is 10.0 Å². The minimum Gasteiger partial charge on any atom is -0.341 e.